The number of aryl methyl sites for hydroxylation is 2. The molecule has 0 saturated carbocycles. The van der Waals surface area contributed by atoms with Crippen LogP contribution in [0.15, 0.2) is 28.8 Å². The third kappa shape index (κ3) is 3.80. The van der Waals surface area contributed by atoms with E-state index in [1.807, 2.05) is 19.1 Å². The zero-order chi connectivity index (χ0) is 16.1. The van der Waals surface area contributed by atoms with Crippen LogP contribution in [0, 0.1) is 13.8 Å². The molecular formula is C16H19ClN2O3. The highest BCUT2D eigenvalue weighted by Gasteiger charge is 2.19. The van der Waals surface area contributed by atoms with Crippen LogP contribution in [0.5, 0.6) is 5.75 Å². The lowest BCUT2D eigenvalue weighted by Crippen LogP contribution is -2.35. The van der Waals surface area contributed by atoms with Crippen LogP contribution in [-0.4, -0.2) is 23.7 Å². The molecule has 5 nitrogen and oxygen atoms in total. The fraction of sp³-hybridized carbons (Fsp3) is 0.375. The first-order chi connectivity index (χ1) is 10.5. The van der Waals surface area contributed by atoms with Crippen LogP contribution in [0.3, 0.4) is 0 Å². The Hall–Kier alpha value is -2.01. The number of halogens is 1. The Labute approximate surface area is 134 Å². The van der Waals surface area contributed by atoms with Gasteiger partial charge >= 0.3 is 0 Å². The Kier molecular flexibility index (Phi) is 5.44. The molecule has 1 N–H and O–H groups in total. The summed E-state index contributed by atoms with van der Waals surface area (Å²) in [6.45, 7) is 5.82. The molecule has 0 fully saturated rings. The number of carbonyl (C=O) groups is 1. The van der Waals surface area contributed by atoms with E-state index in [4.69, 9.17) is 20.9 Å². The minimum Gasteiger partial charge on any atom is -0.487 e. The molecule has 118 valence electrons. The number of nitrogens with one attached hydrogen (secondary N) is 1. The summed E-state index contributed by atoms with van der Waals surface area (Å²) in [6, 6.07) is 7.28. The lowest BCUT2D eigenvalue weighted by Gasteiger charge is -2.19. The summed E-state index contributed by atoms with van der Waals surface area (Å²) in [5.41, 5.74) is 1.06. The average molecular weight is 323 g/mol. The zero-order valence-electron chi connectivity index (χ0n) is 12.9. The third-order valence-electron chi connectivity index (χ3n) is 3.34. The molecule has 0 radical (unpaired) electrons. The number of hydrogen-bond acceptors (Lipinski definition) is 4. The van der Waals surface area contributed by atoms with Gasteiger partial charge in [0.25, 0.3) is 5.91 Å². The minimum atomic E-state index is -0.211. The number of rotatable bonds is 6. The van der Waals surface area contributed by atoms with Gasteiger partial charge in [0.1, 0.15) is 23.2 Å². The highest BCUT2D eigenvalue weighted by molar-refractivity contribution is 6.32. The first kappa shape index (κ1) is 16.4. The molecule has 1 aromatic heterocycles. The molecule has 1 heterocycles. The van der Waals surface area contributed by atoms with Crippen molar-refractivity contribution in [3.05, 3.63) is 46.3 Å². The van der Waals surface area contributed by atoms with E-state index in [0.717, 1.165) is 6.42 Å². The fourth-order valence-corrected chi connectivity index (χ4v) is 2.27. The van der Waals surface area contributed by atoms with Gasteiger partial charge < -0.3 is 14.6 Å². The number of ether oxygens (including phenoxy) is 1. The maximum Gasteiger partial charge on any atom is 0.256 e. The molecule has 22 heavy (non-hydrogen) atoms. The van der Waals surface area contributed by atoms with Crippen molar-refractivity contribution in [3.8, 4) is 5.75 Å². The van der Waals surface area contributed by atoms with Crippen molar-refractivity contribution >= 4 is 17.5 Å². The van der Waals surface area contributed by atoms with Crippen LogP contribution in [0.25, 0.3) is 0 Å². The maximum absolute atomic E-state index is 12.2. The second-order valence-electron chi connectivity index (χ2n) is 4.99. The molecule has 1 atom stereocenters. The summed E-state index contributed by atoms with van der Waals surface area (Å²) >= 11 is 6.08. The number of nitrogens with zero attached hydrogens (tertiary/aromatic N) is 1. The van der Waals surface area contributed by atoms with Crippen LogP contribution >= 0.6 is 11.6 Å². The number of para-hydroxylation sites is 1. The van der Waals surface area contributed by atoms with Crippen molar-refractivity contribution in [2.24, 2.45) is 0 Å². The van der Waals surface area contributed by atoms with Crippen LogP contribution in [0.4, 0.5) is 0 Å². The zero-order valence-corrected chi connectivity index (χ0v) is 13.6. The van der Waals surface area contributed by atoms with Crippen molar-refractivity contribution in [3.63, 3.8) is 0 Å². The van der Waals surface area contributed by atoms with Gasteiger partial charge in [0, 0.05) is 0 Å². The topological polar surface area (TPSA) is 64.4 Å². The molecule has 1 aromatic carbocycles. The predicted octanol–water partition coefficient (Wildman–Crippen LogP) is 3.53. The highest BCUT2D eigenvalue weighted by Crippen LogP contribution is 2.24. The number of aromatic nitrogens is 1. The molecule has 1 amide bonds. The first-order valence-electron chi connectivity index (χ1n) is 7.15. The quantitative estimate of drug-likeness (QED) is 0.883. The van der Waals surface area contributed by atoms with Crippen LogP contribution in [0.2, 0.25) is 5.02 Å². The maximum atomic E-state index is 12.2. The second-order valence-corrected chi connectivity index (χ2v) is 5.39. The lowest BCUT2D eigenvalue weighted by molar-refractivity contribution is 0.0924. The largest absolute Gasteiger partial charge is 0.487 e. The standard InChI is InChI=1S/C16H19ClN2O3/c1-4-12(21-14-8-6-5-7-13(14)17)9-18-16(20)15-10(2)19-22-11(15)3/h5-8,12H,4,9H2,1-3H3,(H,18,20)/t12-/m0/s1. The van der Waals surface area contributed by atoms with Crippen molar-refractivity contribution in [2.75, 3.05) is 6.54 Å². The summed E-state index contributed by atoms with van der Waals surface area (Å²) in [6.07, 6.45) is 0.580. The van der Waals surface area contributed by atoms with E-state index in [-0.39, 0.29) is 12.0 Å². The summed E-state index contributed by atoms with van der Waals surface area (Å²) < 4.78 is 10.8. The molecule has 0 saturated heterocycles. The smallest absolute Gasteiger partial charge is 0.256 e. The van der Waals surface area contributed by atoms with Gasteiger partial charge in [-0.2, -0.15) is 0 Å². The van der Waals surface area contributed by atoms with Crippen LogP contribution in [-0.2, 0) is 0 Å². The van der Waals surface area contributed by atoms with E-state index in [9.17, 15) is 4.79 Å². The molecule has 0 aliphatic heterocycles. The Balaban J connectivity index is 1.97. The van der Waals surface area contributed by atoms with Crippen LogP contribution < -0.4 is 10.1 Å². The number of benzene rings is 1. The number of hydrogen-bond donors (Lipinski definition) is 1. The van der Waals surface area contributed by atoms with Gasteiger partial charge in [-0.05, 0) is 32.4 Å². The van der Waals surface area contributed by atoms with Gasteiger partial charge in [-0.25, -0.2) is 0 Å². The molecule has 0 spiro atoms. The third-order valence-corrected chi connectivity index (χ3v) is 3.65. The highest BCUT2D eigenvalue weighted by atomic mass is 35.5. The van der Waals surface area contributed by atoms with Gasteiger partial charge in [-0.3, -0.25) is 4.79 Å². The molecule has 0 aliphatic rings. The fourth-order valence-electron chi connectivity index (χ4n) is 2.09. The van der Waals surface area contributed by atoms with Gasteiger partial charge in [0.15, 0.2) is 0 Å². The summed E-state index contributed by atoms with van der Waals surface area (Å²) in [7, 11) is 0. The Morgan fingerprint density at radius 1 is 1.41 bits per heavy atom. The molecular weight excluding hydrogens is 304 g/mol. The van der Waals surface area contributed by atoms with E-state index in [1.54, 1.807) is 26.0 Å². The monoisotopic (exact) mass is 322 g/mol. The summed E-state index contributed by atoms with van der Waals surface area (Å²) in [5.74, 6) is 0.912. The van der Waals surface area contributed by atoms with Gasteiger partial charge in [0.2, 0.25) is 0 Å². The van der Waals surface area contributed by atoms with Crippen LogP contribution in [0.1, 0.15) is 35.2 Å². The van der Waals surface area contributed by atoms with Gasteiger partial charge in [0.05, 0.1) is 17.3 Å². The summed E-state index contributed by atoms with van der Waals surface area (Å²) in [5, 5.41) is 7.18. The SMILES string of the molecule is CC[C@@H](CNC(=O)c1c(C)noc1C)Oc1ccccc1Cl. The molecule has 2 rings (SSSR count). The predicted molar refractivity (Wildman–Crippen MR) is 84.5 cm³/mol. The lowest BCUT2D eigenvalue weighted by atomic mass is 10.2. The number of carbonyl (C=O) groups excluding carboxylic acids is 1. The van der Waals surface area contributed by atoms with Crippen molar-refractivity contribution in [1.82, 2.24) is 10.5 Å². The average Bonchev–Trinajstić information content (AvgIpc) is 2.84. The Morgan fingerprint density at radius 3 is 2.73 bits per heavy atom. The van der Waals surface area contributed by atoms with Crippen molar-refractivity contribution < 1.29 is 14.1 Å². The molecule has 2 aromatic rings. The molecule has 6 heteroatoms. The Morgan fingerprint density at radius 2 is 2.14 bits per heavy atom. The Bertz CT molecular complexity index is 635. The van der Waals surface area contributed by atoms with E-state index in [0.29, 0.717) is 34.3 Å². The van der Waals surface area contributed by atoms with Crippen molar-refractivity contribution in [2.45, 2.75) is 33.3 Å². The van der Waals surface area contributed by atoms with E-state index in [1.165, 1.54) is 0 Å². The van der Waals surface area contributed by atoms with Crippen molar-refractivity contribution in [1.29, 1.82) is 0 Å². The summed E-state index contributed by atoms with van der Waals surface area (Å²) in [4.78, 5) is 12.2. The minimum absolute atomic E-state index is 0.163. The molecule has 0 unspecified atom stereocenters. The van der Waals surface area contributed by atoms with E-state index < -0.39 is 0 Å². The van der Waals surface area contributed by atoms with E-state index in [2.05, 4.69) is 10.5 Å². The molecule has 0 bridgehead atoms. The molecule has 0 aliphatic carbocycles. The van der Waals surface area contributed by atoms with Gasteiger partial charge in [-0.1, -0.05) is 35.8 Å². The second kappa shape index (κ2) is 7.31. The van der Waals surface area contributed by atoms with Gasteiger partial charge in [-0.15, -0.1) is 0 Å². The normalized spacial score (nSPS) is 12.0. The van der Waals surface area contributed by atoms with E-state index >= 15 is 0 Å². The first-order valence-corrected chi connectivity index (χ1v) is 7.53. The number of amides is 1.